The Hall–Kier alpha value is -3.70. The first kappa shape index (κ1) is 27.5. The van der Waals surface area contributed by atoms with E-state index in [1.165, 1.54) is 63.9 Å². The van der Waals surface area contributed by atoms with Gasteiger partial charge >= 0.3 is 6.09 Å². The Balaban J connectivity index is 0.000000180. The van der Waals surface area contributed by atoms with Crippen LogP contribution in [-0.2, 0) is 4.74 Å². The summed E-state index contributed by atoms with van der Waals surface area (Å²) in [4.78, 5) is 21.7. The number of hydrogen-bond acceptors (Lipinski definition) is 8. The summed E-state index contributed by atoms with van der Waals surface area (Å²) in [6, 6.07) is 3.88. The van der Waals surface area contributed by atoms with Crippen LogP contribution in [0, 0.1) is 18.2 Å². The summed E-state index contributed by atoms with van der Waals surface area (Å²) in [5, 5.41) is 15.2. The number of rotatable bonds is 3. The molecule has 2 saturated heterocycles. The van der Waals surface area contributed by atoms with Crippen LogP contribution in [0.15, 0.2) is 24.5 Å². The highest BCUT2D eigenvalue weighted by Crippen LogP contribution is 2.46. The van der Waals surface area contributed by atoms with E-state index in [0.717, 1.165) is 35.9 Å². The van der Waals surface area contributed by atoms with Gasteiger partial charge in [0.1, 0.15) is 18.1 Å². The zero-order valence-corrected chi connectivity index (χ0v) is 23.3. The monoisotopic (exact) mass is 564 g/mol. The van der Waals surface area contributed by atoms with Crippen molar-refractivity contribution in [2.24, 2.45) is 5.41 Å². The number of nitrogens with one attached hydrogen (secondary N) is 2. The van der Waals surface area contributed by atoms with Gasteiger partial charge in [0.05, 0.1) is 24.9 Å². The van der Waals surface area contributed by atoms with Crippen molar-refractivity contribution in [2.45, 2.75) is 51.5 Å². The maximum atomic E-state index is 15.0. The Morgan fingerprint density at radius 1 is 1.15 bits per heavy atom. The van der Waals surface area contributed by atoms with Crippen molar-refractivity contribution in [1.82, 2.24) is 14.9 Å². The summed E-state index contributed by atoms with van der Waals surface area (Å²) in [7, 11) is 0. The lowest BCUT2D eigenvalue weighted by Crippen LogP contribution is -2.53. The van der Waals surface area contributed by atoms with Crippen molar-refractivity contribution in [1.29, 1.82) is 0 Å². The number of piperidine rings is 1. The summed E-state index contributed by atoms with van der Waals surface area (Å²) >= 11 is 0. The molecular weight excluding hydrogens is 527 g/mol. The molecule has 0 atom stereocenters. The van der Waals surface area contributed by atoms with Crippen molar-refractivity contribution < 1.29 is 23.8 Å². The molecule has 1 aromatic carbocycles. The van der Waals surface area contributed by atoms with Gasteiger partial charge in [0.25, 0.3) is 0 Å². The largest absolute Gasteiger partial charge is 0.474 e. The van der Waals surface area contributed by atoms with E-state index in [4.69, 9.17) is 20.3 Å². The Morgan fingerprint density at radius 2 is 1.90 bits per heavy atom. The predicted octanol–water partition coefficient (Wildman–Crippen LogP) is 5.26. The SMILES string of the molecule is C1CCC2(C1)CCN(C1COC1)CC2.Cc1c(-c2cc3cc(NC(=O)O)ncc3c(N)c2F)cnc2c1NCCO2. The molecule has 3 aliphatic heterocycles. The Labute approximate surface area is 238 Å². The van der Waals surface area contributed by atoms with Gasteiger partial charge in [-0.25, -0.2) is 19.2 Å². The third kappa shape index (κ3) is 5.48. The quantitative estimate of drug-likeness (QED) is 0.314. The molecule has 0 bridgehead atoms. The van der Waals surface area contributed by atoms with Crippen molar-refractivity contribution in [3.63, 3.8) is 0 Å². The van der Waals surface area contributed by atoms with E-state index >= 15 is 0 Å². The third-order valence-corrected chi connectivity index (χ3v) is 9.13. The fourth-order valence-electron chi connectivity index (χ4n) is 6.59. The molecule has 10 nitrogen and oxygen atoms in total. The topological polar surface area (TPSA) is 135 Å². The number of nitrogens with zero attached hydrogens (tertiary/aromatic N) is 3. The Kier molecular flexibility index (Phi) is 7.56. The highest BCUT2D eigenvalue weighted by molar-refractivity contribution is 5.99. The first-order valence-corrected chi connectivity index (χ1v) is 14.4. The maximum absolute atomic E-state index is 15.0. The average Bonchev–Trinajstić information content (AvgIpc) is 3.39. The number of anilines is 3. The normalized spacial score (nSPS) is 19.9. The van der Waals surface area contributed by atoms with Crippen LogP contribution < -0.4 is 21.1 Å². The molecule has 5 heterocycles. The lowest BCUT2D eigenvalue weighted by atomic mass is 9.77. The number of carboxylic acid groups (broad SMARTS) is 1. The number of nitrogen functional groups attached to an aromatic ring is 1. The number of nitrogens with two attached hydrogens (primary N) is 1. The summed E-state index contributed by atoms with van der Waals surface area (Å²) in [6.07, 6.45) is 10.6. The van der Waals surface area contributed by atoms with Gasteiger partial charge in [0.15, 0.2) is 5.82 Å². The van der Waals surface area contributed by atoms with E-state index in [0.29, 0.717) is 35.4 Å². The third-order valence-electron chi connectivity index (χ3n) is 9.13. The minimum absolute atomic E-state index is 0.0572. The number of benzene rings is 1. The van der Waals surface area contributed by atoms with Gasteiger partial charge in [-0.05, 0) is 74.2 Å². The number of halogens is 1. The summed E-state index contributed by atoms with van der Waals surface area (Å²) in [5.74, 6) is 0.0287. The predicted molar refractivity (Wildman–Crippen MR) is 156 cm³/mol. The van der Waals surface area contributed by atoms with Gasteiger partial charge in [-0.1, -0.05) is 12.8 Å². The van der Waals surface area contributed by atoms with Crippen LogP contribution in [0.25, 0.3) is 21.9 Å². The van der Waals surface area contributed by atoms with Crippen LogP contribution in [0.4, 0.5) is 26.4 Å². The highest BCUT2D eigenvalue weighted by Gasteiger charge is 2.39. The minimum atomic E-state index is -1.24. The standard InChI is InChI=1S/C18H16FN5O3.C12H21NO/c1-8-11(6-23-17-16(8)21-2-3-27-17)10-4-9-5-13(24-18(25)26)22-7-12(9)15(20)14(10)19;1-2-4-12(3-1)5-7-13(8-6-12)11-9-14-10-11/h4-7,21H,2-3,20H2,1H3,(H,22,24)(H,25,26);11H,1-10H2. The van der Waals surface area contributed by atoms with Crippen LogP contribution in [-0.4, -0.2) is 71.6 Å². The molecule has 4 aliphatic rings. The van der Waals surface area contributed by atoms with Crippen molar-refractivity contribution in [2.75, 3.05) is 55.8 Å². The minimum Gasteiger partial charge on any atom is -0.474 e. The number of carbonyl (C=O) groups is 1. The highest BCUT2D eigenvalue weighted by atomic mass is 19.1. The van der Waals surface area contributed by atoms with Crippen molar-refractivity contribution in [3.8, 4) is 17.0 Å². The second kappa shape index (κ2) is 11.3. The van der Waals surface area contributed by atoms with E-state index in [1.54, 1.807) is 12.3 Å². The van der Waals surface area contributed by atoms with Gasteiger partial charge in [0.2, 0.25) is 5.88 Å². The number of fused-ring (bicyclic) bond motifs is 2. The number of aromatic nitrogens is 2. The van der Waals surface area contributed by atoms with Crippen LogP contribution in [0.2, 0.25) is 0 Å². The fourth-order valence-corrected chi connectivity index (χ4v) is 6.59. The molecule has 3 fully saturated rings. The van der Waals surface area contributed by atoms with Crippen LogP contribution in [0.1, 0.15) is 44.1 Å². The molecular formula is C30H37FN6O4. The van der Waals surface area contributed by atoms with Gasteiger partial charge in [-0.2, -0.15) is 0 Å². The zero-order chi connectivity index (χ0) is 28.6. The van der Waals surface area contributed by atoms with E-state index < -0.39 is 11.9 Å². The smallest absolute Gasteiger partial charge is 0.410 e. The first-order valence-electron chi connectivity index (χ1n) is 14.4. The average molecular weight is 565 g/mol. The number of amides is 1. The molecule has 0 radical (unpaired) electrons. The van der Waals surface area contributed by atoms with Gasteiger partial charge in [-0.15, -0.1) is 0 Å². The van der Waals surface area contributed by atoms with E-state index in [-0.39, 0.29) is 17.1 Å². The molecule has 2 aromatic heterocycles. The molecule has 1 amide bonds. The second-order valence-corrected chi connectivity index (χ2v) is 11.6. The number of pyridine rings is 2. The zero-order valence-electron chi connectivity index (χ0n) is 23.3. The van der Waals surface area contributed by atoms with Crippen molar-refractivity contribution >= 4 is 34.1 Å². The summed E-state index contributed by atoms with van der Waals surface area (Å²) < 4.78 is 25.8. The van der Waals surface area contributed by atoms with Crippen molar-refractivity contribution in [3.05, 3.63) is 35.9 Å². The summed E-state index contributed by atoms with van der Waals surface area (Å²) in [5.41, 5.74) is 9.06. The molecule has 0 unspecified atom stereocenters. The molecule has 7 rings (SSSR count). The molecule has 3 aromatic rings. The molecule has 218 valence electrons. The van der Waals surface area contributed by atoms with Crippen LogP contribution in [0.3, 0.4) is 0 Å². The maximum Gasteiger partial charge on any atom is 0.410 e. The molecule has 11 heteroatoms. The van der Waals surface area contributed by atoms with E-state index in [9.17, 15) is 9.18 Å². The van der Waals surface area contributed by atoms with E-state index in [1.807, 2.05) is 6.92 Å². The molecule has 41 heavy (non-hydrogen) atoms. The fraction of sp³-hybridized carbons (Fsp3) is 0.500. The van der Waals surface area contributed by atoms with E-state index in [2.05, 4.69) is 25.5 Å². The van der Waals surface area contributed by atoms with Gasteiger partial charge in [0, 0.05) is 35.5 Å². The Morgan fingerprint density at radius 3 is 2.59 bits per heavy atom. The van der Waals surface area contributed by atoms with Gasteiger partial charge < -0.3 is 25.6 Å². The number of ether oxygens (including phenoxy) is 2. The lowest BCUT2D eigenvalue weighted by Gasteiger charge is -2.45. The lowest BCUT2D eigenvalue weighted by molar-refractivity contribution is -0.0809. The van der Waals surface area contributed by atoms with Crippen LogP contribution in [0.5, 0.6) is 5.88 Å². The number of likely N-dealkylation sites (tertiary alicyclic amines) is 1. The Bertz CT molecular complexity index is 1450. The second-order valence-electron chi connectivity index (χ2n) is 11.6. The first-order chi connectivity index (χ1) is 19.8. The molecule has 1 aliphatic carbocycles. The molecule has 1 saturated carbocycles. The van der Waals surface area contributed by atoms with Crippen LogP contribution >= 0.6 is 0 Å². The summed E-state index contributed by atoms with van der Waals surface area (Å²) in [6.45, 7) is 7.67. The molecule has 1 spiro atoms. The molecule has 5 N–H and O–H groups in total. The van der Waals surface area contributed by atoms with Gasteiger partial charge in [-0.3, -0.25) is 10.2 Å². The number of hydrogen-bond donors (Lipinski definition) is 4.